The van der Waals surface area contributed by atoms with E-state index < -0.39 is 0 Å². The lowest BCUT2D eigenvalue weighted by atomic mass is 10.1. The number of aryl methyl sites for hydroxylation is 1. The number of rotatable bonds is 6. The fourth-order valence-electron chi connectivity index (χ4n) is 1.86. The number of hydrogen-bond acceptors (Lipinski definition) is 3. The summed E-state index contributed by atoms with van der Waals surface area (Å²) >= 11 is 0. The van der Waals surface area contributed by atoms with Crippen molar-refractivity contribution in [2.45, 2.75) is 32.6 Å². The monoisotopic (exact) mass is 258 g/mol. The molecular formula is C15H18N2O2. The smallest absolute Gasteiger partial charge is 0.277 e. The predicted molar refractivity (Wildman–Crippen MR) is 74.1 cm³/mol. The number of nitrogens with one attached hydrogen (secondary N) is 1. The topological polar surface area (TPSA) is 55.1 Å². The van der Waals surface area contributed by atoms with Crippen molar-refractivity contribution in [3.05, 3.63) is 47.9 Å². The third-order valence-corrected chi connectivity index (χ3v) is 2.95. The lowest BCUT2D eigenvalue weighted by molar-refractivity contribution is 0.101. The molecule has 100 valence electrons. The molecule has 1 aromatic heterocycles. The molecule has 0 spiro atoms. The Morgan fingerprint density at radius 1 is 1.21 bits per heavy atom. The van der Waals surface area contributed by atoms with Gasteiger partial charge in [0.25, 0.3) is 5.91 Å². The Bertz CT molecular complexity index is 503. The van der Waals surface area contributed by atoms with Crippen molar-refractivity contribution in [3.63, 3.8) is 0 Å². The third kappa shape index (κ3) is 3.95. The highest BCUT2D eigenvalue weighted by atomic mass is 16.5. The van der Waals surface area contributed by atoms with E-state index >= 15 is 0 Å². The average Bonchev–Trinajstić information content (AvgIpc) is 2.95. The highest BCUT2D eigenvalue weighted by molar-refractivity contribution is 6.02. The minimum absolute atomic E-state index is 0.257. The number of hydrogen-bond donors (Lipinski definition) is 1. The maximum Gasteiger partial charge on any atom is 0.277 e. The van der Waals surface area contributed by atoms with Gasteiger partial charge in [-0.15, -0.1) is 0 Å². The van der Waals surface area contributed by atoms with Crippen molar-refractivity contribution < 1.29 is 9.32 Å². The van der Waals surface area contributed by atoms with Gasteiger partial charge in [-0.25, -0.2) is 0 Å². The number of amides is 1. The maximum absolute atomic E-state index is 11.7. The molecule has 1 amide bonds. The van der Waals surface area contributed by atoms with Gasteiger partial charge in [-0.1, -0.05) is 37.1 Å². The number of aromatic nitrogens is 1. The lowest BCUT2D eigenvalue weighted by Gasteiger charge is -2.05. The van der Waals surface area contributed by atoms with Gasteiger partial charge >= 0.3 is 0 Å². The van der Waals surface area contributed by atoms with Crippen LogP contribution in [0.3, 0.4) is 0 Å². The van der Waals surface area contributed by atoms with Crippen LogP contribution in [0.4, 0.5) is 5.69 Å². The number of unbranched alkanes of at least 4 members (excludes halogenated alkanes) is 2. The van der Waals surface area contributed by atoms with Crippen LogP contribution in [0, 0.1) is 0 Å². The van der Waals surface area contributed by atoms with E-state index in [9.17, 15) is 4.79 Å². The van der Waals surface area contributed by atoms with E-state index in [0.717, 1.165) is 12.1 Å². The predicted octanol–water partition coefficient (Wildman–Crippen LogP) is 3.66. The van der Waals surface area contributed by atoms with Gasteiger partial charge in [0, 0.05) is 11.8 Å². The van der Waals surface area contributed by atoms with Gasteiger partial charge in [0.15, 0.2) is 5.69 Å². The van der Waals surface area contributed by atoms with E-state index in [2.05, 4.69) is 21.9 Å². The molecule has 0 unspecified atom stereocenters. The molecule has 2 aromatic rings. The lowest BCUT2D eigenvalue weighted by Crippen LogP contribution is -2.12. The summed E-state index contributed by atoms with van der Waals surface area (Å²) in [6.07, 6.45) is 6.16. The number of carbonyl (C=O) groups is 1. The van der Waals surface area contributed by atoms with E-state index in [0.29, 0.717) is 0 Å². The van der Waals surface area contributed by atoms with Crippen LogP contribution in [0.15, 0.2) is 41.1 Å². The summed E-state index contributed by atoms with van der Waals surface area (Å²) in [6, 6.07) is 9.47. The molecule has 0 aliphatic heterocycles. The summed E-state index contributed by atoms with van der Waals surface area (Å²) in [5.74, 6) is -0.257. The third-order valence-electron chi connectivity index (χ3n) is 2.95. The zero-order valence-corrected chi connectivity index (χ0v) is 11.1. The maximum atomic E-state index is 11.7. The molecule has 0 saturated carbocycles. The zero-order valence-electron chi connectivity index (χ0n) is 11.1. The Morgan fingerprint density at radius 2 is 2.00 bits per heavy atom. The van der Waals surface area contributed by atoms with Crippen LogP contribution in [-0.2, 0) is 6.42 Å². The van der Waals surface area contributed by atoms with Gasteiger partial charge in [0.2, 0.25) is 0 Å². The van der Waals surface area contributed by atoms with Crippen LogP contribution >= 0.6 is 0 Å². The standard InChI is InChI=1S/C15H18N2O2/c1-2-3-4-5-12-6-8-13(9-7-12)16-15(18)14-10-11-19-17-14/h6-11H,2-5H2,1H3,(H,16,18). The largest absolute Gasteiger partial charge is 0.364 e. The van der Waals surface area contributed by atoms with E-state index in [1.54, 1.807) is 0 Å². The van der Waals surface area contributed by atoms with Gasteiger partial charge in [-0.05, 0) is 30.5 Å². The molecule has 1 N–H and O–H groups in total. The molecule has 2 rings (SSSR count). The highest BCUT2D eigenvalue weighted by Crippen LogP contribution is 2.13. The molecule has 0 aliphatic carbocycles. The van der Waals surface area contributed by atoms with E-state index in [1.807, 2.05) is 24.3 Å². The fraction of sp³-hybridized carbons (Fsp3) is 0.333. The first-order valence-electron chi connectivity index (χ1n) is 6.60. The minimum atomic E-state index is -0.257. The summed E-state index contributed by atoms with van der Waals surface area (Å²) < 4.78 is 4.64. The van der Waals surface area contributed by atoms with Crippen LogP contribution < -0.4 is 5.32 Å². The van der Waals surface area contributed by atoms with Crippen molar-refractivity contribution in [2.24, 2.45) is 0 Å². The molecule has 0 bridgehead atoms. The van der Waals surface area contributed by atoms with Crippen molar-refractivity contribution >= 4 is 11.6 Å². The molecule has 1 heterocycles. The molecule has 0 fully saturated rings. The first-order chi connectivity index (χ1) is 9.29. The minimum Gasteiger partial charge on any atom is -0.364 e. The molecular weight excluding hydrogens is 240 g/mol. The Kier molecular flexibility index (Phi) is 4.72. The van der Waals surface area contributed by atoms with Gasteiger partial charge in [-0.2, -0.15) is 0 Å². The van der Waals surface area contributed by atoms with E-state index in [4.69, 9.17) is 0 Å². The number of anilines is 1. The summed E-state index contributed by atoms with van der Waals surface area (Å²) in [6.45, 7) is 2.20. The molecule has 19 heavy (non-hydrogen) atoms. The SMILES string of the molecule is CCCCCc1ccc(NC(=O)c2ccon2)cc1. The van der Waals surface area contributed by atoms with Crippen molar-refractivity contribution in [3.8, 4) is 0 Å². The second-order valence-corrected chi connectivity index (χ2v) is 4.49. The van der Waals surface area contributed by atoms with Gasteiger partial charge < -0.3 is 9.84 Å². The number of carbonyl (C=O) groups excluding carboxylic acids is 1. The van der Waals surface area contributed by atoms with Crippen molar-refractivity contribution in [1.29, 1.82) is 0 Å². The van der Waals surface area contributed by atoms with E-state index in [-0.39, 0.29) is 11.6 Å². The summed E-state index contributed by atoms with van der Waals surface area (Å²) in [4.78, 5) is 11.7. The van der Waals surface area contributed by atoms with Crippen molar-refractivity contribution in [1.82, 2.24) is 5.16 Å². The normalized spacial score (nSPS) is 10.4. The Balaban J connectivity index is 1.90. The number of nitrogens with zero attached hydrogens (tertiary/aromatic N) is 1. The molecule has 0 atom stereocenters. The highest BCUT2D eigenvalue weighted by Gasteiger charge is 2.08. The quantitative estimate of drug-likeness (QED) is 0.804. The fourth-order valence-corrected chi connectivity index (χ4v) is 1.86. The Labute approximate surface area is 112 Å². The molecule has 0 aliphatic rings. The van der Waals surface area contributed by atoms with Crippen molar-refractivity contribution in [2.75, 3.05) is 5.32 Å². The molecule has 4 nitrogen and oxygen atoms in total. The van der Waals surface area contributed by atoms with Crippen LogP contribution in [-0.4, -0.2) is 11.1 Å². The molecule has 4 heteroatoms. The number of benzene rings is 1. The van der Waals surface area contributed by atoms with Gasteiger partial charge in [0.05, 0.1) is 0 Å². The second kappa shape index (κ2) is 6.73. The first-order valence-corrected chi connectivity index (χ1v) is 6.60. The van der Waals surface area contributed by atoms with Crippen LogP contribution in [0.25, 0.3) is 0 Å². The molecule has 1 aromatic carbocycles. The molecule has 0 radical (unpaired) electrons. The van der Waals surface area contributed by atoms with Gasteiger partial charge in [0.1, 0.15) is 6.26 Å². The van der Waals surface area contributed by atoms with Crippen LogP contribution in [0.1, 0.15) is 42.2 Å². The summed E-state index contributed by atoms with van der Waals surface area (Å²) in [5.41, 5.74) is 2.35. The summed E-state index contributed by atoms with van der Waals surface area (Å²) in [7, 11) is 0. The van der Waals surface area contributed by atoms with E-state index in [1.165, 1.54) is 37.2 Å². The Hall–Kier alpha value is -2.10. The molecule has 0 saturated heterocycles. The van der Waals surface area contributed by atoms with Crippen LogP contribution in [0.5, 0.6) is 0 Å². The Morgan fingerprint density at radius 3 is 2.63 bits per heavy atom. The van der Waals surface area contributed by atoms with Crippen LogP contribution in [0.2, 0.25) is 0 Å². The first kappa shape index (κ1) is 13.3. The zero-order chi connectivity index (χ0) is 13.5. The van der Waals surface area contributed by atoms with Gasteiger partial charge in [-0.3, -0.25) is 4.79 Å². The summed E-state index contributed by atoms with van der Waals surface area (Å²) in [5, 5.41) is 6.37. The second-order valence-electron chi connectivity index (χ2n) is 4.49. The average molecular weight is 258 g/mol.